The van der Waals surface area contributed by atoms with Crippen LogP contribution in [0.25, 0.3) is 0 Å². The van der Waals surface area contributed by atoms with E-state index in [2.05, 4.69) is 39.1 Å². The molecule has 1 saturated heterocycles. The van der Waals surface area contributed by atoms with Crippen molar-refractivity contribution < 1.29 is 9.47 Å². The standard InChI is InChI=1S/C19H19BrN2O2S/c1-3-23-16-9-5-8-14-15-11-19(2,24-17(14)16)22(18(25)21-15)13-7-4-6-12(20)10-13/h4-10,15H,3,11H2,1-2H3,(H,21,25). The molecule has 0 saturated carbocycles. The number of thiocarbonyl (C=S) groups is 1. The molecule has 0 radical (unpaired) electrons. The molecule has 25 heavy (non-hydrogen) atoms. The Morgan fingerprint density at radius 1 is 1.36 bits per heavy atom. The summed E-state index contributed by atoms with van der Waals surface area (Å²) >= 11 is 9.22. The molecule has 0 aromatic heterocycles. The Hall–Kier alpha value is -1.79. The van der Waals surface area contributed by atoms with E-state index < -0.39 is 5.72 Å². The van der Waals surface area contributed by atoms with Crippen LogP contribution in [0, 0.1) is 0 Å². The van der Waals surface area contributed by atoms with Crippen molar-refractivity contribution in [2.45, 2.75) is 32.0 Å². The number of ether oxygens (including phenoxy) is 2. The minimum atomic E-state index is -0.575. The van der Waals surface area contributed by atoms with Crippen LogP contribution in [0.5, 0.6) is 11.5 Å². The van der Waals surface area contributed by atoms with Crippen LogP contribution in [0.15, 0.2) is 46.9 Å². The van der Waals surface area contributed by atoms with Gasteiger partial charge in [0.25, 0.3) is 0 Å². The van der Waals surface area contributed by atoms with Gasteiger partial charge in [-0.15, -0.1) is 0 Å². The van der Waals surface area contributed by atoms with Crippen LogP contribution in [-0.4, -0.2) is 17.4 Å². The molecule has 2 aromatic rings. The zero-order valence-electron chi connectivity index (χ0n) is 14.1. The number of anilines is 1. The molecule has 4 rings (SSSR count). The normalized spacial score (nSPS) is 24.2. The highest BCUT2D eigenvalue weighted by atomic mass is 79.9. The van der Waals surface area contributed by atoms with E-state index in [0.29, 0.717) is 11.7 Å². The second-order valence-corrected chi connectivity index (χ2v) is 7.71. The quantitative estimate of drug-likeness (QED) is 0.725. The topological polar surface area (TPSA) is 33.7 Å². The van der Waals surface area contributed by atoms with Crippen molar-refractivity contribution in [3.05, 3.63) is 52.5 Å². The number of hydrogen-bond donors (Lipinski definition) is 1. The summed E-state index contributed by atoms with van der Waals surface area (Å²) in [5.74, 6) is 1.58. The molecule has 6 heteroatoms. The van der Waals surface area contributed by atoms with Crippen molar-refractivity contribution in [2.24, 2.45) is 0 Å². The molecule has 2 aliphatic heterocycles. The van der Waals surface area contributed by atoms with E-state index in [-0.39, 0.29) is 6.04 Å². The Morgan fingerprint density at radius 3 is 2.92 bits per heavy atom. The van der Waals surface area contributed by atoms with Gasteiger partial charge in [0.05, 0.1) is 12.6 Å². The van der Waals surface area contributed by atoms with Gasteiger partial charge >= 0.3 is 0 Å². The summed E-state index contributed by atoms with van der Waals surface area (Å²) < 4.78 is 13.3. The molecular formula is C19H19BrN2O2S. The fourth-order valence-electron chi connectivity index (χ4n) is 3.64. The van der Waals surface area contributed by atoms with Gasteiger partial charge in [0.15, 0.2) is 22.3 Å². The van der Waals surface area contributed by atoms with Crippen LogP contribution in [0.3, 0.4) is 0 Å². The number of para-hydroxylation sites is 1. The summed E-state index contributed by atoms with van der Waals surface area (Å²) in [5, 5.41) is 4.14. The molecule has 0 spiro atoms. The fraction of sp³-hybridized carbons (Fsp3) is 0.316. The first-order valence-electron chi connectivity index (χ1n) is 8.33. The summed E-state index contributed by atoms with van der Waals surface area (Å²) in [6.45, 7) is 4.66. The molecule has 1 fully saturated rings. The van der Waals surface area contributed by atoms with Gasteiger partial charge in [0.2, 0.25) is 0 Å². The Morgan fingerprint density at radius 2 is 2.16 bits per heavy atom. The maximum atomic E-state index is 6.51. The Labute approximate surface area is 161 Å². The second-order valence-electron chi connectivity index (χ2n) is 6.41. The maximum absolute atomic E-state index is 6.51. The predicted molar refractivity (Wildman–Crippen MR) is 106 cm³/mol. The highest BCUT2D eigenvalue weighted by Crippen LogP contribution is 2.49. The molecule has 0 amide bonds. The first kappa shape index (κ1) is 16.7. The van der Waals surface area contributed by atoms with E-state index in [1.54, 1.807) is 0 Å². The van der Waals surface area contributed by atoms with E-state index in [0.717, 1.165) is 33.6 Å². The highest BCUT2D eigenvalue weighted by molar-refractivity contribution is 9.10. The third-order valence-corrected chi connectivity index (χ3v) is 5.42. The molecular weight excluding hydrogens is 400 g/mol. The van der Waals surface area contributed by atoms with Gasteiger partial charge in [-0.05, 0) is 50.3 Å². The van der Waals surface area contributed by atoms with Crippen LogP contribution < -0.4 is 19.7 Å². The zero-order valence-corrected chi connectivity index (χ0v) is 16.5. The third kappa shape index (κ3) is 2.77. The van der Waals surface area contributed by atoms with Gasteiger partial charge in [-0.1, -0.05) is 34.1 Å². The monoisotopic (exact) mass is 418 g/mol. The first-order chi connectivity index (χ1) is 12.0. The molecule has 130 valence electrons. The molecule has 2 heterocycles. The lowest BCUT2D eigenvalue weighted by Gasteiger charge is -2.52. The van der Waals surface area contributed by atoms with Crippen LogP contribution in [0.4, 0.5) is 5.69 Å². The summed E-state index contributed by atoms with van der Waals surface area (Å²) in [7, 11) is 0. The number of nitrogens with zero attached hydrogens (tertiary/aromatic N) is 1. The van der Waals surface area contributed by atoms with E-state index in [1.165, 1.54) is 0 Å². The first-order valence-corrected chi connectivity index (χ1v) is 9.53. The Bertz CT molecular complexity index is 844. The van der Waals surface area contributed by atoms with E-state index in [9.17, 15) is 0 Å². The summed E-state index contributed by atoms with van der Waals surface area (Å²) in [4.78, 5) is 2.05. The third-order valence-electron chi connectivity index (χ3n) is 4.63. The molecule has 2 bridgehead atoms. The van der Waals surface area contributed by atoms with Gasteiger partial charge in [0, 0.05) is 22.1 Å². The largest absolute Gasteiger partial charge is 0.490 e. The zero-order chi connectivity index (χ0) is 17.6. The molecule has 2 aliphatic rings. The number of hydrogen-bond acceptors (Lipinski definition) is 3. The maximum Gasteiger partial charge on any atom is 0.188 e. The summed E-state index contributed by atoms with van der Waals surface area (Å²) in [6, 6.07) is 14.2. The van der Waals surface area contributed by atoms with Crippen molar-refractivity contribution in [1.29, 1.82) is 0 Å². The van der Waals surface area contributed by atoms with Crippen LogP contribution in [0.1, 0.15) is 31.9 Å². The lowest BCUT2D eigenvalue weighted by atomic mass is 9.90. The average Bonchev–Trinajstić information content (AvgIpc) is 2.55. The van der Waals surface area contributed by atoms with Gasteiger partial charge in [-0.3, -0.25) is 4.90 Å². The highest BCUT2D eigenvalue weighted by Gasteiger charge is 2.49. The van der Waals surface area contributed by atoms with Gasteiger partial charge in [-0.2, -0.15) is 0 Å². The van der Waals surface area contributed by atoms with Crippen molar-refractivity contribution in [3.8, 4) is 11.5 Å². The van der Waals surface area contributed by atoms with Crippen molar-refractivity contribution in [2.75, 3.05) is 11.5 Å². The van der Waals surface area contributed by atoms with E-state index in [4.69, 9.17) is 21.7 Å². The minimum absolute atomic E-state index is 0.116. The molecule has 2 aromatic carbocycles. The Balaban J connectivity index is 1.81. The number of rotatable bonds is 3. The molecule has 1 N–H and O–H groups in total. The van der Waals surface area contributed by atoms with Crippen molar-refractivity contribution >= 4 is 38.9 Å². The van der Waals surface area contributed by atoms with Gasteiger partial charge in [0.1, 0.15) is 0 Å². The van der Waals surface area contributed by atoms with Crippen LogP contribution in [0.2, 0.25) is 0 Å². The van der Waals surface area contributed by atoms with E-state index in [1.807, 2.05) is 43.3 Å². The molecule has 4 nitrogen and oxygen atoms in total. The van der Waals surface area contributed by atoms with Crippen LogP contribution in [-0.2, 0) is 0 Å². The number of fused-ring (bicyclic) bond motifs is 4. The fourth-order valence-corrected chi connectivity index (χ4v) is 4.46. The molecule has 2 atom stereocenters. The van der Waals surface area contributed by atoms with Crippen LogP contribution >= 0.6 is 28.1 Å². The summed E-state index contributed by atoms with van der Waals surface area (Å²) in [5.41, 5.74) is 1.51. The average molecular weight is 419 g/mol. The van der Waals surface area contributed by atoms with Gasteiger partial charge < -0.3 is 14.8 Å². The van der Waals surface area contributed by atoms with Crippen molar-refractivity contribution in [3.63, 3.8) is 0 Å². The summed E-state index contributed by atoms with van der Waals surface area (Å²) in [6.07, 6.45) is 0.794. The number of halogens is 1. The predicted octanol–water partition coefficient (Wildman–Crippen LogP) is 4.78. The molecule has 2 unspecified atom stereocenters. The van der Waals surface area contributed by atoms with Crippen molar-refractivity contribution in [1.82, 2.24) is 5.32 Å². The smallest absolute Gasteiger partial charge is 0.188 e. The second kappa shape index (κ2) is 6.18. The number of nitrogens with one attached hydrogen (secondary N) is 1. The van der Waals surface area contributed by atoms with E-state index >= 15 is 0 Å². The SMILES string of the molecule is CCOc1cccc2c1OC1(C)CC2NC(=S)N1c1cccc(Br)c1. The lowest BCUT2D eigenvalue weighted by molar-refractivity contribution is 0.0457. The van der Waals surface area contributed by atoms with Gasteiger partial charge in [-0.25, -0.2) is 0 Å². The minimum Gasteiger partial charge on any atom is -0.490 e. The molecule has 0 aliphatic carbocycles. The Kier molecular flexibility index (Phi) is 4.12. The number of benzene rings is 2. The lowest BCUT2D eigenvalue weighted by Crippen LogP contribution is -2.65.